The smallest absolute Gasteiger partial charge is 0.241 e. The van der Waals surface area contributed by atoms with Crippen LogP contribution < -0.4 is 4.72 Å². The normalized spacial score (nSPS) is 15.2. The Morgan fingerprint density at radius 1 is 1.21 bits per heavy atom. The molecular formula is C14H23NO3S. The lowest BCUT2D eigenvalue weighted by Gasteiger charge is -2.28. The molecule has 1 rings (SSSR count). The predicted molar refractivity (Wildman–Crippen MR) is 76.6 cm³/mol. The first-order chi connectivity index (χ1) is 8.72. The van der Waals surface area contributed by atoms with Crippen LogP contribution in [0.2, 0.25) is 0 Å². The molecule has 0 saturated heterocycles. The highest BCUT2D eigenvalue weighted by Crippen LogP contribution is 2.20. The average Bonchev–Trinajstić information content (AvgIpc) is 2.27. The van der Waals surface area contributed by atoms with Crippen molar-refractivity contribution in [3.63, 3.8) is 0 Å². The number of sulfonamides is 1. The van der Waals surface area contributed by atoms with Gasteiger partial charge < -0.3 is 5.11 Å². The maximum Gasteiger partial charge on any atom is 0.241 e. The average molecular weight is 285 g/mol. The third-order valence-corrected chi connectivity index (χ3v) is 4.95. The monoisotopic (exact) mass is 285 g/mol. The van der Waals surface area contributed by atoms with E-state index in [0.29, 0.717) is 12.8 Å². The molecule has 0 aliphatic rings. The summed E-state index contributed by atoms with van der Waals surface area (Å²) < 4.78 is 27.5. The summed E-state index contributed by atoms with van der Waals surface area (Å²) in [6.07, 6.45) is 1.02. The van der Waals surface area contributed by atoms with Crippen LogP contribution in [0.1, 0.15) is 37.8 Å². The zero-order valence-electron chi connectivity index (χ0n) is 12.0. The number of rotatable bonds is 6. The summed E-state index contributed by atoms with van der Waals surface area (Å²) in [6, 6.07) is 5.25. The van der Waals surface area contributed by atoms with Gasteiger partial charge in [-0.25, -0.2) is 13.1 Å². The van der Waals surface area contributed by atoms with Crippen LogP contribution in [0.5, 0.6) is 0 Å². The Kier molecular flexibility index (Phi) is 5.12. The van der Waals surface area contributed by atoms with Crippen LogP contribution in [0.15, 0.2) is 23.1 Å². The van der Waals surface area contributed by atoms with Gasteiger partial charge in [0, 0.05) is 12.1 Å². The van der Waals surface area contributed by atoms with Crippen LogP contribution in [0.25, 0.3) is 0 Å². The second-order valence-corrected chi connectivity index (χ2v) is 7.00. The van der Waals surface area contributed by atoms with Crippen LogP contribution in [0.4, 0.5) is 0 Å². The summed E-state index contributed by atoms with van der Waals surface area (Å²) in [4.78, 5) is 0.280. The standard InChI is InChI=1S/C14H23NO3S/c1-5-14(4,6-7-16)15-19(17,18)13-9-11(2)8-12(3)10-13/h8-10,15-16H,5-7H2,1-4H3. The second-order valence-electron chi connectivity index (χ2n) is 5.32. The SMILES string of the molecule is CCC(C)(CCO)NS(=O)(=O)c1cc(C)cc(C)c1. The Morgan fingerprint density at radius 3 is 2.16 bits per heavy atom. The number of hydrogen-bond donors (Lipinski definition) is 2. The molecule has 0 bridgehead atoms. The van der Waals surface area contributed by atoms with Gasteiger partial charge in [0.1, 0.15) is 0 Å². The number of aliphatic hydroxyl groups excluding tert-OH is 1. The van der Waals surface area contributed by atoms with E-state index in [4.69, 9.17) is 5.11 Å². The molecule has 0 saturated carbocycles. The largest absolute Gasteiger partial charge is 0.396 e. The quantitative estimate of drug-likeness (QED) is 0.841. The fourth-order valence-electron chi connectivity index (χ4n) is 2.02. The molecule has 1 aromatic rings. The van der Waals surface area contributed by atoms with E-state index in [2.05, 4.69) is 4.72 Å². The highest BCUT2D eigenvalue weighted by Gasteiger charge is 2.28. The van der Waals surface area contributed by atoms with E-state index in [-0.39, 0.29) is 11.5 Å². The lowest BCUT2D eigenvalue weighted by Crippen LogP contribution is -2.46. The fourth-order valence-corrected chi connectivity index (χ4v) is 3.71. The molecule has 1 unspecified atom stereocenters. The third-order valence-electron chi connectivity index (χ3n) is 3.33. The molecule has 2 N–H and O–H groups in total. The first-order valence-corrected chi connectivity index (χ1v) is 7.94. The molecule has 1 aromatic carbocycles. The molecule has 0 aliphatic carbocycles. The van der Waals surface area contributed by atoms with Crippen molar-refractivity contribution in [1.82, 2.24) is 4.72 Å². The van der Waals surface area contributed by atoms with Crippen molar-refractivity contribution in [3.05, 3.63) is 29.3 Å². The topological polar surface area (TPSA) is 66.4 Å². The number of aryl methyl sites for hydroxylation is 2. The summed E-state index contributed by atoms with van der Waals surface area (Å²) in [5.41, 5.74) is 1.21. The third kappa shape index (κ3) is 4.30. The van der Waals surface area contributed by atoms with Crippen molar-refractivity contribution >= 4 is 10.0 Å². The van der Waals surface area contributed by atoms with Crippen molar-refractivity contribution in [2.45, 2.75) is 51.0 Å². The van der Waals surface area contributed by atoms with Crippen LogP contribution in [-0.2, 0) is 10.0 Å². The summed E-state index contributed by atoms with van der Waals surface area (Å²) in [6.45, 7) is 7.42. The van der Waals surface area contributed by atoms with Crippen molar-refractivity contribution < 1.29 is 13.5 Å². The van der Waals surface area contributed by atoms with E-state index in [0.717, 1.165) is 11.1 Å². The Bertz CT molecular complexity index is 519. The summed E-state index contributed by atoms with van der Waals surface area (Å²) in [5, 5.41) is 9.05. The molecule has 0 amide bonds. The maximum atomic E-state index is 12.4. The van der Waals surface area contributed by atoms with Gasteiger partial charge in [0.05, 0.1) is 4.90 Å². The lowest BCUT2D eigenvalue weighted by molar-refractivity contribution is 0.233. The van der Waals surface area contributed by atoms with Crippen LogP contribution in [-0.4, -0.2) is 25.7 Å². The molecule has 5 heteroatoms. The highest BCUT2D eigenvalue weighted by molar-refractivity contribution is 7.89. The molecule has 0 radical (unpaired) electrons. The van der Waals surface area contributed by atoms with Gasteiger partial charge in [-0.2, -0.15) is 0 Å². The van der Waals surface area contributed by atoms with Gasteiger partial charge in [-0.15, -0.1) is 0 Å². The lowest BCUT2D eigenvalue weighted by atomic mass is 9.97. The highest BCUT2D eigenvalue weighted by atomic mass is 32.2. The fraction of sp³-hybridized carbons (Fsp3) is 0.571. The van der Waals surface area contributed by atoms with Gasteiger partial charge in [0.15, 0.2) is 0 Å². The number of benzene rings is 1. The molecule has 0 fully saturated rings. The van der Waals surface area contributed by atoms with E-state index in [1.165, 1.54) is 0 Å². The number of nitrogens with one attached hydrogen (secondary N) is 1. The molecule has 0 spiro atoms. The minimum atomic E-state index is -3.56. The van der Waals surface area contributed by atoms with Crippen molar-refractivity contribution in [2.24, 2.45) is 0 Å². The van der Waals surface area contributed by atoms with Gasteiger partial charge in [-0.3, -0.25) is 0 Å². The Labute approximate surface area is 115 Å². The van der Waals surface area contributed by atoms with E-state index < -0.39 is 15.6 Å². The van der Waals surface area contributed by atoms with E-state index in [9.17, 15) is 8.42 Å². The summed E-state index contributed by atoms with van der Waals surface area (Å²) >= 11 is 0. The molecule has 1 atom stereocenters. The van der Waals surface area contributed by atoms with E-state index >= 15 is 0 Å². The first-order valence-electron chi connectivity index (χ1n) is 6.45. The number of aliphatic hydroxyl groups is 1. The second kappa shape index (κ2) is 6.03. The molecule has 108 valence electrons. The Morgan fingerprint density at radius 2 is 1.74 bits per heavy atom. The Balaban J connectivity index is 3.10. The van der Waals surface area contributed by atoms with E-state index in [1.54, 1.807) is 12.1 Å². The molecular weight excluding hydrogens is 262 g/mol. The van der Waals surface area contributed by atoms with Crippen molar-refractivity contribution in [1.29, 1.82) is 0 Å². The molecule has 0 aromatic heterocycles. The van der Waals surface area contributed by atoms with Crippen LogP contribution >= 0.6 is 0 Å². The predicted octanol–water partition coefficient (Wildman–Crippen LogP) is 2.13. The Hall–Kier alpha value is -0.910. The minimum Gasteiger partial charge on any atom is -0.396 e. The molecule has 4 nitrogen and oxygen atoms in total. The van der Waals surface area contributed by atoms with Gasteiger partial charge >= 0.3 is 0 Å². The van der Waals surface area contributed by atoms with E-state index in [1.807, 2.05) is 33.8 Å². The number of hydrogen-bond acceptors (Lipinski definition) is 3. The van der Waals surface area contributed by atoms with Crippen LogP contribution in [0.3, 0.4) is 0 Å². The van der Waals surface area contributed by atoms with Crippen LogP contribution in [0, 0.1) is 13.8 Å². The molecule has 0 heterocycles. The van der Waals surface area contributed by atoms with Gasteiger partial charge in [0.2, 0.25) is 10.0 Å². The molecule has 0 aliphatic heterocycles. The minimum absolute atomic E-state index is 0.0420. The van der Waals surface area contributed by atoms with Crippen molar-refractivity contribution in [2.75, 3.05) is 6.61 Å². The zero-order valence-corrected chi connectivity index (χ0v) is 12.8. The maximum absolute atomic E-state index is 12.4. The van der Waals surface area contributed by atoms with Gasteiger partial charge in [-0.05, 0) is 56.9 Å². The molecule has 19 heavy (non-hydrogen) atoms. The van der Waals surface area contributed by atoms with Gasteiger partial charge in [-0.1, -0.05) is 13.0 Å². The zero-order chi connectivity index (χ0) is 14.7. The van der Waals surface area contributed by atoms with Crippen molar-refractivity contribution in [3.8, 4) is 0 Å². The summed E-state index contributed by atoms with van der Waals surface area (Å²) in [7, 11) is -3.56. The summed E-state index contributed by atoms with van der Waals surface area (Å²) in [5.74, 6) is 0. The first kappa shape index (κ1) is 16.1. The van der Waals surface area contributed by atoms with Gasteiger partial charge in [0.25, 0.3) is 0 Å².